The van der Waals surface area contributed by atoms with Gasteiger partial charge in [0.25, 0.3) is 5.91 Å². The maximum atomic E-state index is 12.6. The monoisotopic (exact) mass is 636 g/mol. The van der Waals surface area contributed by atoms with E-state index in [-0.39, 0.29) is 5.91 Å². The van der Waals surface area contributed by atoms with Crippen molar-refractivity contribution in [3.05, 3.63) is 84.6 Å². The van der Waals surface area contributed by atoms with Gasteiger partial charge in [-0.25, -0.2) is 4.99 Å². The number of rotatable bonds is 7. The van der Waals surface area contributed by atoms with E-state index < -0.39 is 0 Å². The van der Waals surface area contributed by atoms with Crippen molar-refractivity contribution >= 4 is 78.1 Å². The van der Waals surface area contributed by atoms with E-state index in [1.54, 1.807) is 38.5 Å². The lowest BCUT2D eigenvalue weighted by atomic mass is 10.2. The van der Waals surface area contributed by atoms with Gasteiger partial charge < -0.3 is 19.5 Å². The zero-order valence-corrected chi connectivity index (χ0v) is 23.3. The van der Waals surface area contributed by atoms with Gasteiger partial charge in [0, 0.05) is 9.50 Å². The first-order chi connectivity index (χ1) is 16.9. The normalized spacial score (nSPS) is 15.4. The highest BCUT2D eigenvalue weighted by Gasteiger charge is 2.25. The van der Waals surface area contributed by atoms with Crippen molar-refractivity contribution in [2.24, 2.45) is 4.99 Å². The van der Waals surface area contributed by atoms with Gasteiger partial charge in [0.15, 0.2) is 16.7 Å². The molecule has 0 bridgehead atoms. The minimum Gasteiger partial charge on any atom is -0.494 e. The fourth-order valence-corrected chi connectivity index (χ4v) is 5.03. The standard InChI is InChI=1S/C25H19Br2ClN2O4S/c1-32-20-8-7-17(28)12-19(20)29-25-30-24(31)22(35-25)11-15-9-18(27)23(21(10-15)33-2)34-13-14-3-5-16(26)6-4-14/h3-12H,13H2,1-2H3,(H,29,30,31)/b22-11-. The molecule has 0 radical (unpaired) electrons. The SMILES string of the molecule is COc1ccc(Cl)cc1N=C1NC(=O)/C(=C/c2cc(Br)c(OCc3ccc(Br)cc3)c(OC)c2)S1. The third-order valence-electron chi connectivity index (χ3n) is 4.86. The maximum Gasteiger partial charge on any atom is 0.264 e. The number of carbonyl (C=O) groups excluding carboxylic acids is 1. The molecule has 1 N–H and O–H groups in total. The van der Waals surface area contributed by atoms with Crippen LogP contribution in [0.15, 0.2) is 73.4 Å². The minimum atomic E-state index is -0.250. The van der Waals surface area contributed by atoms with Crippen molar-refractivity contribution in [1.29, 1.82) is 0 Å². The zero-order chi connectivity index (χ0) is 24.9. The summed E-state index contributed by atoms with van der Waals surface area (Å²) in [6.07, 6.45) is 1.77. The number of hydrogen-bond donors (Lipinski definition) is 1. The number of halogens is 3. The average Bonchev–Trinajstić information content (AvgIpc) is 3.17. The molecular formula is C25H19Br2ClN2O4S. The van der Waals surface area contributed by atoms with Crippen LogP contribution < -0.4 is 19.5 Å². The Balaban J connectivity index is 1.55. The molecule has 35 heavy (non-hydrogen) atoms. The summed E-state index contributed by atoms with van der Waals surface area (Å²) in [5.74, 6) is 1.43. The number of hydrogen-bond acceptors (Lipinski definition) is 6. The molecule has 1 aliphatic heterocycles. The van der Waals surface area contributed by atoms with E-state index in [4.69, 9.17) is 25.8 Å². The summed E-state index contributed by atoms with van der Waals surface area (Å²) in [6, 6.07) is 16.7. The number of amidine groups is 1. The Hall–Kier alpha value is -2.46. The Morgan fingerprint density at radius 3 is 2.49 bits per heavy atom. The lowest BCUT2D eigenvalue weighted by molar-refractivity contribution is -0.115. The second-order valence-corrected chi connectivity index (χ2v) is 10.5. The highest BCUT2D eigenvalue weighted by Crippen LogP contribution is 2.39. The van der Waals surface area contributed by atoms with Gasteiger partial charge in [-0.15, -0.1) is 0 Å². The smallest absolute Gasteiger partial charge is 0.264 e. The number of ether oxygens (including phenoxy) is 3. The fourth-order valence-electron chi connectivity index (χ4n) is 3.19. The third-order valence-corrected chi connectivity index (χ3v) is 7.12. The molecule has 180 valence electrons. The Bertz CT molecular complexity index is 1330. The van der Waals surface area contributed by atoms with Gasteiger partial charge in [-0.2, -0.15) is 0 Å². The number of nitrogens with one attached hydrogen (secondary N) is 1. The molecule has 0 aromatic heterocycles. The van der Waals surface area contributed by atoms with Gasteiger partial charge in [0.05, 0.1) is 23.6 Å². The van der Waals surface area contributed by atoms with E-state index in [1.807, 2.05) is 36.4 Å². The Morgan fingerprint density at radius 2 is 1.77 bits per heavy atom. The molecule has 0 atom stereocenters. The second kappa shape index (κ2) is 11.5. The average molecular weight is 639 g/mol. The van der Waals surface area contributed by atoms with Crippen LogP contribution in [-0.4, -0.2) is 25.3 Å². The minimum absolute atomic E-state index is 0.250. The van der Waals surface area contributed by atoms with Crippen LogP contribution in [0.1, 0.15) is 11.1 Å². The van der Waals surface area contributed by atoms with Gasteiger partial charge in [-0.05, 0) is 87.4 Å². The van der Waals surface area contributed by atoms with Crippen molar-refractivity contribution in [2.75, 3.05) is 14.2 Å². The highest BCUT2D eigenvalue weighted by atomic mass is 79.9. The summed E-state index contributed by atoms with van der Waals surface area (Å²) in [4.78, 5) is 17.6. The van der Waals surface area contributed by atoms with Crippen molar-refractivity contribution in [1.82, 2.24) is 5.32 Å². The van der Waals surface area contributed by atoms with Crippen LogP contribution in [0.25, 0.3) is 6.08 Å². The van der Waals surface area contributed by atoms with Crippen LogP contribution in [0.5, 0.6) is 17.2 Å². The van der Waals surface area contributed by atoms with E-state index in [1.165, 1.54) is 11.8 Å². The maximum absolute atomic E-state index is 12.6. The molecule has 0 unspecified atom stereocenters. The number of thioether (sulfide) groups is 1. The predicted molar refractivity (Wildman–Crippen MR) is 148 cm³/mol. The van der Waals surface area contributed by atoms with E-state index in [2.05, 4.69) is 42.2 Å². The number of amides is 1. The first-order valence-corrected chi connectivity index (χ1v) is 13.0. The molecule has 1 amide bonds. The summed E-state index contributed by atoms with van der Waals surface area (Å²) >= 11 is 14.3. The molecule has 3 aromatic rings. The molecule has 0 aliphatic carbocycles. The van der Waals surface area contributed by atoms with E-state index in [0.29, 0.717) is 49.1 Å². The number of benzene rings is 3. The Kier molecular flexibility index (Phi) is 8.43. The van der Waals surface area contributed by atoms with Crippen LogP contribution >= 0.6 is 55.2 Å². The topological polar surface area (TPSA) is 69.2 Å². The van der Waals surface area contributed by atoms with Gasteiger partial charge in [-0.1, -0.05) is 39.7 Å². The van der Waals surface area contributed by atoms with Gasteiger partial charge in [0.2, 0.25) is 0 Å². The second-order valence-electron chi connectivity index (χ2n) is 7.25. The highest BCUT2D eigenvalue weighted by molar-refractivity contribution is 9.10. The number of methoxy groups -OCH3 is 2. The van der Waals surface area contributed by atoms with Gasteiger partial charge in [0.1, 0.15) is 18.0 Å². The van der Waals surface area contributed by atoms with Crippen LogP contribution in [0.3, 0.4) is 0 Å². The van der Waals surface area contributed by atoms with Gasteiger partial charge >= 0.3 is 0 Å². The predicted octanol–water partition coefficient (Wildman–Crippen LogP) is 7.35. The Labute approximate surface area is 229 Å². The summed E-state index contributed by atoms with van der Waals surface area (Å²) in [5, 5.41) is 3.73. The summed E-state index contributed by atoms with van der Waals surface area (Å²) < 4.78 is 18.6. The van der Waals surface area contributed by atoms with Crippen LogP contribution in [0, 0.1) is 0 Å². The van der Waals surface area contributed by atoms with Crippen molar-refractivity contribution in [2.45, 2.75) is 6.61 Å². The van der Waals surface area contributed by atoms with Gasteiger partial charge in [-0.3, -0.25) is 4.79 Å². The lowest BCUT2D eigenvalue weighted by Crippen LogP contribution is -2.19. The molecule has 1 fully saturated rings. The molecule has 1 saturated heterocycles. The molecule has 3 aromatic carbocycles. The first kappa shape index (κ1) is 25.6. The fraction of sp³-hybridized carbons (Fsp3) is 0.120. The van der Waals surface area contributed by atoms with Crippen molar-refractivity contribution in [3.8, 4) is 17.2 Å². The van der Waals surface area contributed by atoms with E-state index >= 15 is 0 Å². The molecule has 1 heterocycles. The summed E-state index contributed by atoms with van der Waals surface area (Å²) in [5.41, 5.74) is 2.32. The third kappa shape index (κ3) is 6.41. The van der Waals surface area contributed by atoms with Crippen LogP contribution in [-0.2, 0) is 11.4 Å². The molecule has 0 saturated carbocycles. The molecule has 6 nitrogen and oxygen atoms in total. The quantitative estimate of drug-likeness (QED) is 0.274. The van der Waals surface area contributed by atoms with Crippen molar-refractivity contribution < 1.29 is 19.0 Å². The number of nitrogens with zero attached hydrogens (tertiary/aromatic N) is 1. The van der Waals surface area contributed by atoms with Crippen LogP contribution in [0.2, 0.25) is 5.02 Å². The van der Waals surface area contributed by atoms with E-state index in [0.717, 1.165) is 15.6 Å². The number of aliphatic imine (C=N–C) groups is 1. The molecule has 10 heteroatoms. The van der Waals surface area contributed by atoms with Crippen LogP contribution in [0.4, 0.5) is 5.69 Å². The molecule has 0 spiro atoms. The van der Waals surface area contributed by atoms with Crippen molar-refractivity contribution in [3.63, 3.8) is 0 Å². The summed E-state index contributed by atoms with van der Waals surface area (Å²) in [6.45, 7) is 0.383. The first-order valence-electron chi connectivity index (χ1n) is 10.2. The zero-order valence-electron chi connectivity index (χ0n) is 18.6. The molecule has 1 aliphatic rings. The largest absolute Gasteiger partial charge is 0.494 e. The molecular weight excluding hydrogens is 620 g/mol. The van der Waals surface area contributed by atoms with E-state index in [9.17, 15) is 4.79 Å². The summed E-state index contributed by atoms with van der Waals surface area (Å²) in [7, 11) is 3.13. The Morgan fingerprint density at radius 1 is 1.03 bits per heavy atom. The lowest BCUT2D eigenvalue weighted by Gasteiger charge is -2.14. The number of carbonyl (C=O) groups is 1. The molecule has 4 rings (SSSR count).